The van der Waals surface area contributed by atoms with Crippen LogP contribution in [0.25, 0.3) is 5.69 Å². The largest absolute Gasteiger partial charge is 0.478 e. The molecule has 0 radical (unpaired) electrons. The number of benzene rings is 1. The molecule has 0 aliphatic rings. The Morgan fingerprint density at radius 1 is 1.25 bits per heavy atom. The Bertz CT molecular complexity index is 766. The lowest BCUT2D eigenvalue weighted by atomic mass is 10.1. The fourth-order valence-corrected chi connectivity index (χ4v) is 2.17. The first-order valence-corrected chi connectivity index (χ1v) is 5.75. The second-order valence-corrected chi connectivity index (χ2v) is 4.34. The lowest BCUT2D eigenvalue weighted by Gasteiger charge is -2.14. The van der Waals surface area contributed by atoms with E-state index >= 15 is 0 Å². The predicted octanol–water partition coefficient (Wildman–Crippen LogP) is 2.43. The zero-order valence-electron chi connectivity index (χ0n) is 10.8. The van der Waals surface area contributed by atoms with E-state index in [1.807, 2.05) is 0 Å². The summed E-state index contributed by atoms with van der Waals surface area (Å²) in [4.78, 5) is 23.2. The van der Waals surface area contributed by atoms with Gasteiger partial charge in [0.25, 0.3) is 5.56 Å². The summed E-state index contributed by atoms with van der Waals surface area (Å²) in [7, 11) is 0. The van der Waals surface area contributed by atoms with Crippen molar-refractivity contribution in [3.8, 4) is 5.69 Å². The third kappa shape index (κ3) is 2.09. The van der Waals surface area contributed by atoms with Gasteiger partial charge in [0.2, 0.25) is 0 Å². The first-order valence-electron chi connectivity index (χ1n) is 5.75. The van der Waals surface area contributed by atoms with Gasteiger partial charge in [0.1, 0.15) is 0 Å². The number of halogens is 2. The number of hydrogen-bond donors (Lipinski definition) is 1. The lowest BCUT2D eigenvalue weighted by molar-refractivity contribution is 0.0694. The van der Waals surface area contributed by atoms with Crippen LogP contribution in [0, 0.1) is 25.5 Å². The van der Waals surface area contributed by atoms with Gasteiger partial charge in [-0.3, -0.25) is 9.36 Å². The molecule has 6 heteroatoms. The van der Waals surface area contributed by atoms with Crippen LogP contribution in [0.5, 0.6) is 0 Å². The summed E-state index contributed by atoms with van der Waals surface area (Å²) < 4.78 is 27.9. The van der Waals surface area contributed by atoms with Gasteiger partial charge < -0.3 is 5.11 Å². The summed E-state index contributed by atoms with van der Waals surface area (Å²) in [6.07, 6.45) is 0. The lowest BCUT2D eigenvalue weighted by Crippen LogP contribution is -2.25. The molecule has 2 rings (SSSR count). The number of nitrogens with zero attached hydrogens (tertiary/aromatic N) is 1. The molecule has 0 atom stereocenters. The van der Waals surface area contributed by atoms with Crippen LogP contribution in [-0.4, -0.2) is 15.6 Å². The highest BCUT2D eigenvalue weighted by Gasteiger charge is 2.19. The summed E-state index contributed by atoms with van der Waals surface area (Å²) in [5, 5.41) is 9.15. The van der Waals surface area contributed by atoms with Crippen LogP contribution in [0.15, 0.2) is 29.1 Å². The first-order chi connectivity index (χ1) is 9.34. The number of carboxylic acid groups (broad SMARTS) is 1. The summed E-state index contributed by atoms with van der Waals surface area (Å²) in [6, 6.07) is 4.47. The van der Waals surface area contributed by atoms with Crippen molar-refractivity contribution in [2.24, 2.45) is 0 Å². The van der Waals surface area contributed by atoms with Crippen LogP contribution in [0.2, 0.25) is 0 Å². The molecule has 1 heterocycles. The summed E-state index contributed by atoms with van der Waals surface area (Å²) >= 11 is 0. The topological polar surface area (TPSA) is 59.3 Å². The van der Waals surface area contributed by atoms with Crippen LogP contribution < -0.4 is 5.56 Å². The van der Waals surface area contributed by atoms with Crippen molar-refractivity contribution < 1.29 is 18.7 Å². The molecule has 0 fully saturated rings. The van der Waals surface area contributed by atoms with Gasteiger partial charge in [-0.25, -0.2) is 13.6 Å². The third-order valence-electron chi connectivity index (χ3n) is 3.04. The maximum atomic E-state index is 13.8. The fourth-order valence-electron chi connectivity index (χ4n) is 2.17. The molecule has 1 N–H and O–H groups in total. The van der Waals surface area contributed by atoms with Gasteiger partial charge in [0.05, 0.1) is 11.3 Å². The molecule has 1 aromatic heterocycles. The van der Waals surface area contributed by atoms with E-state index in [2.05, 4.69) is 0 Å². The Morgan fingerprint density at radius 3 is 2.50 bits per heavy atom. The zero-order chi connectivity index (χ0) is 15.0. The summed E-state index contributed by atoms with van der Waals surface area (Å²) in [5.74, 6) is -3.53. The van der Waals surface area contributed by atoms with Crippen molar-refractivity contribution in [1.29, 1.82) is 0 Å². The highest BCUT2D eigenvalue weighted by molar-refractivity contribution is 5.90. The van der Waals surface area contributed by atoms with Crippen molar-refractivity contribution in [3.63, 3.8) is 0 Å². The van der Waals surface area contributed by atoms with Gasteiger partial charge in [-0.1, -0.05) is 6.07 Å². The van der Waals surface area contributed by atoms with Crippen LogP contribution in [-0.2, 0) is 0 Å². The average Bonchev–Trinajstić information content (AvgIpc) is 2.33. The maximum Gasteiger partial charge on any atom is 0.337 e. The van der Waals surface area contributed by atoms with Crippen molar-refractivity contribution in [2.45, 2.75) is 13.8 Å². The van der Waals surface area contributed by atoms with E-state index in [1.54, 1.807) is 0 Å². The molecule has 0 bridgehead atoms. The van der Waals surface area contributed by atoms with Crippen molar-refractivity contribution >= 4 is 5.97 Å². The van der Waals surface area contributed by atoms with Crippen LogP contribution >= 0.6 is 0 Å². The number of rotatable bonds is 2. The minimum absolute atomic E-state index is 0.0481. The molecular weight excluding hydrogens is 268 g/mol. The second kappa shape index (κ2) is 4.88. The quantitative estimate of drug-likeness (QED) is 0.918. The smallest absolute Gasteiger partial charge is 0.337 e. The molecule has 4 nitrogen and oxygen atoms in total. The Balaban J connectivity index is 2.88. The normalized spacial score (nSPS) is 10.6. The molecule has 2 aromatic rings. The summed E-state index contributed by atoms with van der Waals surface area (Å²) in [5.41, 5.74) is -0.710. The van der Waals surface area contributed by atoms with Gasteiger partial charge in [-0.15, -0.1) is 0 Å². The Morgan fingerprint density at radius 2 is 1.90 bits per heavy atom. The molecule has 1 aromatic carbocycles. The maximum absolute atomic E-state index is 13.8. The molecule has 0 saturated heterocycles. The molecule has 20 heavy (non-hydrogen) atoms. The SMILES string of the molecule is Cc1cc(=O)n(-c2cccc(F)c2F)c(C)c1C(=O)O. The van der Waals surface area contributed by atoms with Crippen molar-refractivity contribution in [2.75, 3.05) is 0 Å². The van der Waals surface area contributed by atoms with E-state index in [0.29, 0.717) is 0 Å². The van der Waals surface area contributed by atoms with Crippen LogP contribution in [0.4, 0.5) is 8.78 Å². The Hall–Kier alpha value is -2.50. The molecule has 0 amide bonds. The molecule has 104 valence electrons. The van der Waals surface area contributed by atoms with Gasteiger partial charge in [0, 0.05) is 11.8 Å². The first kappa shape index (κ1) is 13.9. The van der Waals surface area contributed by atoms with Crippen LogP contribution in [0.1, 0.15) is 21.6 Å². The number of hydrogen-bond acceptors (Lipinski definition) is 2. The fraction of sp³-hybridized carbons (Fsp3) is 0.143. The van der Waals surface area contributed by atoms with E-state index in [1.165, 1.54) is 26.0 Å². The van der Waals surface area contributed by atoms with Gasteiger partial charge in [-0.2, -0.15) is 0 Å². The predicted molar refractivity (Wildman–Crippen MR) is 68.4 cm³/mol. The number of carboxylic acids is 1. The monoisotopic (exact) mass is 279 g/mol. The van der Waals surface area contributed by atoms with E-state index in [4.69, 9.17) is 5.11 Å². The van der Waals surface area contributed by atoms with Gasteiger partial charge >= 0.3 is 5.97 Å². The summed E-state index contributed by atoms with van der Waals surface area (Å²) in [6.45, 7) is 2.85. The third-order valence-corrected chi connectivity index (χ3v) is 3.04. The molecule has 0 aliphatic heterocycles. The molecule has 0 saturated carbocycles. The average molecular weight is 279 g/mol. The zero-order valence-corrected chi connectivity index (χ0v) is 10.8. The number of aryl methyl sites for hydroxylation is 1. The standard InChI is InChI=1S/C14H11F2NO3/c1-7-6-11(18)17(8(2)12(7)14(19)20)10-5-3-4-9(15)13(10)16/h3-6H,1-2H3,(H,19,20). The van der Waals surface area contributed by atoms with Gasteiger partial charge in [0.15, 0.2) is 11.6 Å². The second-order valence-electron chi connectivity index (χ2n) is 4.34. The van der Waals surface area contributed by atoms with E-state index in [0.717, 1.165) is 16.7 Å². The molecule has 0 aliphatic carbocycles. The van der Waals surface area contributed by atoms with Gasteiger partial charge in [-0.05, 0) is 31.5 Å². The Labute approximate surface area is 112 Å². The minimum Gasteiger partial charge on any atom is -0.478 e. The van der Waals surface area contributed by atoms with E-state index in [-0.39, 0.29) is 22.5 Å². The van der Waals surface area contributed by atoms with Crippen LogP contribution in [0.3, 0.4) is 0 Å². The van der Waals surface area contributed by atoms with Crippen molar-refractivity contribution in [1.82, 2.24) is 4.57 Å². The van der Waals surface area contributed by atoms with E-state index < -0.39 is 23.2 Å². The number of aromatic carboxylic acids is 1. The molecule has 0 unspecified atom stereocenters. The number of carbonyl (C=O) groups is 1. The minimum atomic E-state index is -1.23. The highest BCUT2D eigenvalue weighted by Crippen LogP contribution is 2.19. The number of aromatic nitrogens is 1. The van der Waals surface area contributed by atoms with E-state index in [9.17, 15) is 18.4 Å². The molecular formula is C14H11F2NO3. The van der Waals surface area contributed by atoms with Crippen molar-refractivity contribution in [3.05, 3.63) is 63.1 Å². The number of pyridine rings is 1. The Kier molecular flexibility index (Phi) is 3.40. The molecule has 0 spiro atoms. The highest BCUT2D eigenvalue weighted by atomic mass is 19.2.